The third-order valence-electron chi connectivity index (χ3n) is 3.03. The number of hydrogen-bond donors (Lipinski definition) is 2. The second-order valence-electron chi connectivity index (χ2n) is 4.24. The van der Waals surface area contributed by atoms with Crippen molar-refractivity contribution in [1.29, 1.82) is 0 Å². The molecule has 1 heterocycles. The lowest BCUT2D eigenvalue weighted by Gasteiger charge is -2.14. The van der Waals surface area contributed by atoms with Crippen molar-refractivity contribution in [2.45, 2.75) is 13.0 Å². The number of hydrogen-bond acceptors (Lipinski definition) is 4. The zero-order valence-corrected chi connectivity index (χ0v) is 11.2. The number of nitrogens with one attached hydrogen (secondary N) is 2. The van der Waals surface area contributed by atoms with Crippen molar-refractivity contribution in [2.24, 2.45) is 0 Å². The van der Waals surface area contributed by atoms with Gasteiger partial charge in [0.05, 0.1) is 0 Å². The molecule has 1 aromatic heterocycles. The van der Waals surface area contributed by atoms with E-state index in [1.807, 2.05) is 38.2 Å². The van der Waals surface area contributed by atoms with Crippen LogP contribution in [0, 0.1) is 0 Å². The molecular formula is C14H17N3O2. The highest BCUT2D eigenvalue weighted by molar-refractivity contribution is 5.87. The third-order valence-corrected chi connectivity index (χ3v) is 3.03. The van der Waals surface area contributed by atoms with Crippen LogP contribution in [0.1, 0.15) is 18.5 Å². The number of fused-ring (bicyclic) bond motifs is 1. The molecular weight excluding hydrogens is 242 g/mol. The lowest BCUT2D eigenvalue weighted by atomic mass is 10.0. The Bertz CT molecular complexity index is 598. The van der Waals surface area contributed by atoms with Crippen molar-refractivity contribution >= 4 is 17.0 Å². The van der Waals surface area contributed by atoms with Gasteiger partial charge in [-0.05, 0) is 37.7 Å². The first-order chi connectivity index (χ1) is 9.15. The van der Waals surface area contributed by atoms with Gasteiger partial charge in [-0.2, -0.15) is 0 Å². The molecule has 0 aliphatic rings. The van der Waals surface area contributed by atoms with E-state index >= 15 is 0 Å². The fourth-order valence-electron chi connectivity index (χ4n) is 1.83. The number of ether oxygens (including phenoxy) is 1. The van der Waals surface area contributed by atoms with Crippen molar-refractivity contribution in [3.8, 4) is 5.75 Å². The number of aromatic nitrogens is 1. The average molecular weight is 259 g/mol. The molecule has 0 bridgehead atoms. The minimum Gasteiger partial charge on any atom is -0.408 e. The van der Waals surface area contributed by atoms with Crippen molar-refractivity contribution in [1.82, 2.24) is 15.6 Å². The van der Waals surface area contributed by atoms with Gasteiger partial charge in [0.1, 0.15) is 5.52 Å². The summed E-state index contributed by atoms with van der Waals surface area (Å²) in [7, 11) is 3.41. The van der Waals surface area contributed by atoms with E-state index in [0.717, 1.165) is 10.9 Å². The van der Waals surface area contributed by atoms with Gasteiger partial charge in [-0.25, -0.2) is 4.79 Å². The summed E-state index contributed by atoms with van der Waals surface area (Å²) in [6, 6.07) is 7.85. The molecule has 100 valence electrons. The number of pyridine rings is 1. The van der Waals surface area contributed by atoms with Gasteiger partial charge in [0.25, 0.3) is 0 Å². The summed E-state index contributed by atoms with van der Waals surface area (Å²) in [5, 5.41) is 6.55. The van der Waals surface area contributed by atoms with Crippen LogP contribution < -0.4 is 15.4 Å². The van der Waals surface area contributed by atoms with E-state index in [2.05, 4.69) is 15.6 Å². The Hall–Kier alpha value is -2.14. The molecule has 0 aliphatic carbocycles. The standard InChI is InChI=1S/C14H17N3O2/c1-9(15-2)11-7-10-5-4-6-17-13(10)12(8-11)19-14(18)16-3/h4-9,15H,1-3H3,(H,16,18). The van der Waals surface area contributed by atoms with Crippen LogP contribution in [0.2, 0.25) is 0 Å². The summed E-state index contributed by atoms with van der Waals surface area (Å²) in [4.78, 5) is 15.7. The van der Waals surface area contributed by atoms with Crippen LogP contribution in [0.4, 0.5) is 4.79 Å². The number of nitrogens with zero attached hydrogens (tertiary/aromatic N) is 1. The number of carbonyl (C=O) groups excluding carboxylic acids is 1. The molecule has 0 aliphatic heterocycles. The Morgan fingerprint density at radius 1 is 1.37 bits per heavy atom. The lowest BCUT2D eigenvalue weighted by Crippen LogP contribution is -2.22. The molecule has 0 radical (unpaired) electrons. The number of amides is 1. The van der Waals surface area contributed by atoms with Gasteiger partial charge in [0.15, 0.2) is 5.75 Å². The van der Waals surface area contributed by atoms with Gasteiger partial charge in [0, 0.05) is 24.7 Å². The van der Waals surface area contributed by atoms with E-state index in [1.54, 1.807) is 6.20 Å². The van der Waals surface area contributed by atoms with E-state index < -0.39 is 6.09 Å². The first kappa shape index (κ1) is 13.3. The van der Waals surface area contributed by atoms with E-state index in [-0.39, 0.29) is 6.04 Å². The Labute approximate surface area is 112 Å². The maximum atomic E-state index is 11.4. The zero-order chi connectivity index (χ0) is 13.8. The summed E-state index contributed by atoms with van der Waals surface area (Å²) in [6.45, 7) is 2.04. The molecule has 1 aromatic carbocycles. The molecule has 19 heavy (non-hydrogen) atoms. The molecule has 1 amide bonds. The van der Waals surface area contributed by atoms with Gasteiger partial charge in [0.2, 0.25) is 0 Å². The Kier molecular flexibility index (Phi) is 3.97. The quantitative estimate of drug-likeness (QED) is 0.887. The molecule has 1 atom stereocenters. The highest BCUT2D eigenvalue weighted by Crippen LogP contribution is 2.28. The second-order valence-corrected chi connectivity index (χ2v) is 4.24. The maximum absolute atomic E-state index is 11.4. The van der Waals surface area contributed by atoms with E-state index in [1.165, 1.54) is 7.05 Å². The van der Waals surface area contributed by atoms with Crippen LogP contribution in [0.5, 0.6) is 5.75 Å². The zero-order valence-electron chi connectivity index (χ0n) is 11.2. The van der Waals surface area contributed by atoms with Crippen LogP contribution in [-0.2, 0) is 0 Å². The van der Waals surface area contributed by atoms with Crippen molar-refractivity contribution in [2.75, 3.05) is 14.1 Å². The predicted octanol–water partition coefficient (Wildman–Crippen LogP) is 2.23. The molecule has 5 nitrogen and oxygen atoms in total. The lowest BCUT2D eigenvalue weighted by molar-refractivity contribution is 0.203. The fraction of sp³-hybridized carbons (Fsp3) is 0.286. The summed E-state index contributed by atoms with van der Waals surface area (Å²) in [5.74, 6) is 0.467. The Morgan fingerprint density at radius 2 is 2.16 bits per heavy atom. The molecule has 0 saturated heterocycles. The molecule has 1 unspecified atom stereocenters. The molecule has 0 fully saturated rings. The largest absolute Gasteiger partial charge is 0.412 e. The van der Waals surface area contributed by atoms with Crippen LogP contribution in [-0.4, -0.2) is 25.2 Å². The first-order valence-corrected chi connectivity index (χ1v) is 6.11. The van der Waals surface area contributed by atoms with Crippen molar-refractivity contribution in [3.05, 3.63) is 36.0 Å². The second kappa shape index (κ2) is 5.67. The smallest absolute Gasteiger partial charge is 0.408 e. The molecule has 2 N–H and O–H groups in total. The highest BCUT2D eigenvalue weighted by Gasteiger charge is 2.12. The highest BCUT2D eigenvalue weighted by atomic mass is 16.6. The summed E-state index contributed by atoms with van der Waals surface area (Å²) in [5.41, 5.74) is 1.72. The Morgan fingerprint density at radius 3 is 2.84 bits per heavy atom. The van der Waals surface area contributed by atoms with Crippen LogP contribution in [0.15, 0.2) is 30.5 Å². The molecule has 0 spiro atoms. The summed E-state index contributed by atoms with van der Waals surface area (Å²) >= 11 is 0. The van der Waals surface area contributed by atoms with Crippen molar-refractivity contribution < 1.29 is 9.53 Å². The van der Waals surface area contributed by atoms with Crippen LogP contribution in [0.3, 0.4) is 0 Å². The van der Waals surface area contributed by atoms with Gasteiger partial charge in [-0.1, -0.05) is 6.07 Å². The van der Waals surface area contributed by atoms with Gasteiger partial charge in [-0.3, -0.25) is 4.98 Å². The third kappa shape index (κ3) is 2.82. The van der Waals surface area contributed by atoms with Crippen LogP contribution in [0.25, 0.3) is 10.9 Å². The van der Waals surface area contributed by atoms with E-state index in [0.29, 0.717) is 11.3 Å². The summed E-state index contributed by atoms with van der Waals surface area (Å²) < 4.78 is 5.27. The van der Waals surface area contributed by atoms with Gasteiger partial charge < -0.3 is 15.4 Å². The van der Waals surface area contributed by atoms with Crippen molar-refractivity contribution in [3.63, 3.8) is 0 Å². The SMILES string of the molecule is CNC(=O)Oc1cc(C(C)NC)cc2cccnc12. The van der Waals surface area contributed by atoms with E-state index in [4.69, 9.17) is 4.74 Å². The Balaban J connectivity index is 2.54. The number of rotatable bonds is 3. The molecule has 0 saturated carbocycles. The number of benzene rings is 1. The summed E-state index contributed by atoms with van der Waals surface area (Å²) in [6.07, 6.45) is 1.18. The number of carbonyl (C=O) groups is 1. The monoisotopic (exact) mass is 259 g/mol. The molecule has 5 heteroatoms. The molecule has 2 aromatic rings. The molecule has 2 rings (SSSR count). The minimum absolute atomic E-state index is 0.164. The fourth-order valence-corrected chi connectivity index (χ4v) is 1.83. The minimum atomic E-state index is -0.499. The topological polar surface area (TPSA) is 63.2 Å². The van der Waals surface area contributed by atoms with E-state index in [9.17, 15) is 4.79 Å². The van der Waals surface area contributed by atoms with Gasteiger partial charge >= 0.3 is 6.09 Å². The average Bonchev–Trinajstić information content (AvgIpc) is 2.46. The van der Waals surface area contributed by atoms with Crippen LogP contribution >= 0.6 is 0 Å². The maximum Gasteiger partial charge on any atom is 0.412 e. The predicted molar refractivity (Wildman–Crippen MR) is 74.3 cm³/mol. The normalized spacial score (nSPS) is 12.2. The van der Waals surface area contributed by atoms with Gasteiger partial charge in [-0.15, -0.1) is 0 Å². The first-order valence-electron chi connectivity index (χ1n) is 6.11.